The van der Waals surface area contributed by atoms with Gasteiger partial charge in [-0.15, -0.1) is 0 Å². The lowest BCUT2D eigenvalue weighted by atomic mass is 9.82. The number of carboxylic acids is 1. The molecule has 0 aromatic carbocycles. The molecule has 0 aromatic rings. The minimum absolute atomic E-state index is 0.301. The smallest absolute Gasteiger partial charge is 0.421 e. The van der Waals surface area contributed by atoms with Gasteiger partial charge in [0.05, 0.1) is 5.57 Å². The summed E-state index contributed by atoms with van der Waals surface area (Å²) in [6, 6.07) is 0. The van der Waals surface area contributed by atoms with E-state index >= 15 is 0 Å². The van der Waals surface area contributed by atoms with Crippen molar-refractivity contribution >= 4 is 5.97 Å². The highest BCUT2D eigenvalue weighted by atomic mass is 19.4. The number of carboxylic acid groups (broad SMARTS) is 1. The lowest BCUT2D eigenvalue weighted by molar-refractivity contribution is -0.325. The van der Waals surface area contributed by atoms with Crippen LogP contribution >= 0.6 is 0 Å². The number of hydrogen-bond donors (Lipinski definition) is 2. The van der Waals surface area contributed by atoms with E-state index in [9.17, 15) is 44.3 Å². The summed E-state index contributed by atoms with van der Waals surface area (Å²) in [6.07, 6.45) is -19.3. The summed E-state index contributed by atoms with van der Waals surface area (Å²) in [6.45, 7) is -0.301. The number of allylic oxidation sites excluding steroid dienone is 1. The molecule has 12 heteroatoms. The normalized spacial score (nSPS) is 15.9. The van der Waals surface area contributed by atoms with Crippen LogP contribution in [0.2, 0.25) is 0 Å². The van der Waals surface area contributed by atoms with Crippen LogP contribution in [0.25, 0.3) is 0 Å². The van der Waals surface area contributed by atoms with E-state index in [1.54, 1.807) is 0 Å². The van der Waals surface area contributed by atoms with Gasteiger partial charge in [-0.2, -0.15) is 39.5 Å². The fraction of sp³-hybridized carbons (Fsp3) is 0.625. The molecule has 0 bridgehead atoms. The van der Waals surface area contributed by atoms with Crippen molar-refractivity contribution in [3.05, 3.63) is 11.3 Å². The maximum absolute atomic E-state index is 12.5. The van der Waals surface area contributed by atoms with Crippen LogP contribution in [0.5, 0.6) is 0 Å². The summed E-state index contributed by atoms with van der Waals surface area (Å²) in [5.41, 5.74) is -8.77. The summed E-state index contributed by atoms with van der Waals surface area (Å²) in [5.74, 6) is -7.10. The van der Waals surface area contributed by atoms with Crippen molar-refractivity contribution in [1.29, 1.82) is 0 Å². The van der Waals surface area contributed by atoms with E-state index in [2.05, 4.69) is 0 Å². The zero-order valence-electron chi connectivity index (χ0n) is 9.20. The molecule has 118 valence electrons. The summed E-state index contributed by atoms with van der Waals surface area (Å²) in [7, 11) is 0. The van der Waals surface area contributed by atoms with Gasteiger partial charge in [-0.25, -0.2) is 0 Å². The molecule has 0 aliphatic heterocycles. The van der Waals surface area contributed by atoms with Gasteiger partial charge < -0.3 is 10.2 Å². The third-order valence-corrected chi connectivity index (χ3v) is 2.31. The highest BCUT2D eigenvalue weighted by Crippen LogP contribution is 2.56. The molecule has 0 saturated heterocycles. The molecule has 0 heterocycles. The second-order valence-corrected chi connectivity index (χ2v) is 3.52. The van der Waals surface area contributed by atoms with Crippen LogP contribution in [0, 0.1) is 5.41 Å². The summed E-state index contributed by atoms with van der Waals surface area (Å²) in [5, 5.41) is 16.9. The highest BCUT2D eigenvalue weighted by Gasteiger charge is 2.80. The third-order valence-electron chi connectivity index (χ3n) is 2.31. The van der Waals surface area contributed by atoms with Crippen molar-refractivity contribution in [1.82, 2.24) is 0 Å². The number of aliphatic hydroxyl groups excluding tert-OH is 1. The SMILES string of the molecule is CC(=C(O)C(C(=O)O)(C(F)(F)F)C(F)(F)F)C(F)(F)F. The van der Waals surface area contributed by atoms with Gasteiger partial charge in [0, 0.05) is 0 Å². The quantitative estimate of drug-likeness (QED) is 0.604. The lowest BCUT2D eigenvalue weighted by Gasteiger charge is -2.33. The molecule has 0 radical (unpaired) electrons. The molecule has 0 saturated carbocycles. The maximum Gasteiger partial charge on any atom is 0.421 e. The predicted molar refractivity (Wildman–Crippen MR) is 43.6 cm³/mol. The number of hydrogen-bond acceptors (Lipinski definition) is 2. The molecular weight excluding hydrogens is 315 g/mol. The lowest BCUT2D eigenvalue weighted by Crippen LogP contribution is -2.57. The molecule has 0 aliphatic rings. The Kier molecular flexibility index (Phi) is 4.35. The van der Waals surface area contributed by atoms with Gasteiger partial charge in [0.2, 0.25) is 0 Å². The summed E-state index contributed by atoms with van der Waals surface area (Å²) < 4.78 is 111. The van der Waals surface area contributed by atoms with E-state index in [0.717, 1.165) is 0 Å². The Morgan fingerprint density at radius 3 is 1.25 bits per heavy atom. The minimum Gasteiger partial charge on any atom is -0.510 e. The molecule has 0 amide bonds. The van der Waals surface area contributed by atoms with Crippen molar-refractivity contribution in [3.8, 4) is 0 Å². The van der Waals surface area contributed by atoms with Crippen molar-refractivity contribution in [2.24, 2.45) is 5.41 Å². The Hall–Kier alpha value is -1.62. The molecule has 0 spiro atoms. The van der Waals surface area contributed by atoms with Gasteiger partial charge in [-0.3, -0.25) is 4.79 Å². The Labute approximate surface area is 104 Å². The Bertz CT molecular complexity index is 412. The highest BCUT2D eigenvalue weighted by molar-refractivity contribution is 5.80. The molecule has 0 fully saturated rings. The fourth-order valence-corrected chi connectivity index (χ4v) is 1.19. The molecule has 2 N–H and O–H groups in total. The Balaban J connectivity index is 6.70. The van der Waals surface area contributed by atoms with Crippen LogP contribution in [0.3, 0.4) is 0 Å². The number of carbonyl (C=O) groups is 1. The third kappa shape index (κ3) is 2.63. The van der Waals surface area contributed by atoms with Crippen molar-refractivity contribution in [3.63, 3.8) is 0 Å². The van der Waals surface area contributed by atoms with Gasteiger partial charge in [0.25, 0.3) is 0 Å². The van der Waals surface area contributed by atoms with Crippen molar-refractivity contribution in [2.45, 2.75) is 25.5 Å². The van der Waals surface area contributed by atoms with E-state index in [4.69, 9.17) is 10.2 Å². The van der Waals surface area contributed by atoms with Gasteiger partial charge in [-0.05, 0) is 6.92 Å². The Morgan fingerprint density at radius 2 is 1.10 bits per heavy atom. The van der Waals surface area contributed by atoms with E-state index in [1.165, 1.54) is 0 Å². The summed E-state index contributed by atoms with van der Waals surface area (Å²) in [4.78, 5) is 10.4. The summed E-state index contributed by atoms with van der Waals surface area (Å²) >= 11 is 0. The predicted octanol–water partition coefficient (Wildman–Crippen LogP) is 3.58. The maximum atomic E-state index is 12.5. The zero-order valence-corrected chi connectivity index (χ0v) is 9.20. The number of alkyl halides is 9. The number of aliphatic carboxylic acids is 1. The molecule has 3 nitrogen and oxygen atoms in total. The number of halogens is 9. The first kappa shape index (κ1) is 18.4. The monoisotopic (exact) mass is 320 g/mol. The molecule has 0 atom stereocenters. The topological polar surface area (TPSA) is 57.5 Å². The molecular formula is C8H5F9O3. The number of aliphatic hydroxyl groups is 1. The molecule has 20 heavy (non-hydrogen) atoms. The molecule has 0 unspecified atom stereocenters. The average molecular weight is 320 g/mol. The van der Waals surface area contributed by atoms with Gasteiger partial charge in [-0.1, -0.05) is 0 Å². The van der Waals surface area contributed by atoms with Crippen LogP contribution in [-0.4, -0.2) is 34.7 Å². The first-order chi connectivity index (χ1) is 8.51. The van der Waals surface area contributed by atoms with Crippen molar-refractivity contribution < 1.29 is 54.5 Å². The molecule has 0 rings (SSSR count). The van der Waals surface area contributed by atoms with Gasteiger partial charge in [0.15, 0.2) is 0 Å². The van der Waals surface area contributed by atoms with Crippen LogP contribution in [0.1, 0.15) is 6.92 Å². The van der Waals surface area contributed by atoms with Crippen molar-refractivity contribution in [2.75, 3.05) is 0 Å². The standard InChI is InChI=1S/C8H5F9O3/c1-2(6(9,10)11)3(18)5(4(19)20,7(12,13)14)8(15,16)17/h18H,1H3,(H,19,20). The van der Waals surface area contributed by atoms with E-state index in [-0.39, 0.29) is 6.92 Å². The van der Waals surface area contributed by atoms with E-state index in [0.29, 0.717) is 0 Å². The average Bonchev–Trinajstić information content (AvgIpc) is 2.09. The van der Waals surface area contributed by atoms with Crippen LogP contribution in [0.4, 0.5) is 39.5 Å². The zero-order chi connectivity index (χ0) is 16.7. The molecule has 0 aliphatic carbocycles. The van der Waals surface area contributed by atoms with E-state index < -0.39 is 41.2 Å². The second-order valence-electron chi connectivity index (χ2n) is 3.52. The number of rotatable bonds is 2. The van der Waals surface area contributed by atoms with Gasteiger partial charge in [0.1, 0.15) is 5.76 Å². The molecule has 0 aromatic heterocycles. The van der Waals surface area contributed by atoms with Crippen LogP contribution < -0.4 is 0 Å². The Morgan fingerprint density at radius 1 is 0.800 bits per heavy atom. The van der Waals surface area contributed by atoms with Gasteiger partial charge >= 0.3 is 29.9 Å². The van der Waals surface area contributed by atoms with Crippen LogP contribution in [-0.2, 0) is 4.79 Å². The second kappa shape index (κ2) is 4.74. The van der Waals surface area contributed by atoms with Crippen LogP contribution in [0.15, 0.2) is 11.3 Å². The first-order valence-electron chi connectivity index (χ1n) is 4.35. The first-order valence-corrected chi connectivity index (χ1v) is 4.35. The largest absolute Gasteiger partial charge is 0.510 e. The minimum atomic E-state index is -6.74. The fourth-order valence-electron chi connectivity index (χ4n) is 1.19. The van der Waals surface area contributed by atoms with E-state index in [1.807, 2.05) is 0 Å².